The SMILES string of the molecule is CO[C@@H]1/C=C/C=C/C2=CC(CC=N2)COC(=O)[C@@H]2CCCN(N2)C(=O)[C@H](Cc2cccc(O)c2)NC(=O)[C@H](C(C)C)NC(=O)[C@@H]1C. The smallest absolute Gasteiger partial charge is 0.324 e. The fourth-order valence-corrected chi connectivity index (χ4v) is 5.58. The van der Waals surface area contributed by atoms with E-state index in [2.05, 4.69) is 21.1 Å². The summed E-state index contributed by atoms with van der Waals surface area (Å²) in [6.07, 6.45) is 12.0. The molecule has 3 aliphatic rings. The van der Waals surface area contributed by atoms with Gasteiger partial charge in [0.25, 0.3) is 5.91 Å². The highest BCUT2D eigenvalue weighted by Crippen LogP contribution is 2.19. The quantitative estimate of drug-likeness (QED) is 0.367. The number of amides is 3. The number of aliphatic imine (C=N–C) groups is 1. The summed E-state index contributed by atoms with van der Waals surface area (Å²) in [7, 11) is 1.51. The van der Waals surface area contributed by atoms with Crippen LogP contribution < -0.4 is 16.1 Å². The number of ether oxygens (including phenoxy) is 2. The molecular formula is C34H45N5O7. The number of rotatable bonds is 4. The molecule has 12 heteroatoms. The van der Waals surface area contributed by atoms with Gasteiger partial charge >= 0.3 is 5.97 Å². The average molecular weight is 636 g/mol. The Morgan fingerprint density at radius 3 is 2.67 bits per heavy atom. The number of hydrogen-bond acceptors (Lipinski definition) is 9. The molecule has 3 amide bonds. The lowest BCUT2D eigenvalue weighted by molar-refractivity contribution is -0.153. The molecule has 6 atom stereocenters. The molecule has 4 rings (SSSR count). The predicted molar refractivity (Wildman–Crippen MR) is 172 cm³/mol. The molecule has 1 aromatic carbocycles. The van der Waals surface area contributed by atoms with Crippen molar-refractivity contribution in [1.29, 1.82) is 0 Å². The summed E-state index contributed by atoms with van der Waals surface area (Å²) in [5.74, 6) is -2.80. The summed E-state index contributed by atoms with van der Waals surface area (Å²) in [5.41, 5.74) is 4.35. The van der Waals surface area contributed by atoms with Crippen LogP contribution in [-0.4, -0.2) is 84.5 Å². The number of phenolic OH excluding ortho intramolecular Hbond substituents is 1. The van der Waals surface area contributed by atoms with Gasteiger partial charge < -0.3 is 25.2 Å². The lowest BCUT2D eigenvalue weighted by atomic mass is 9.98. The second-order valence-corrected chi connectivity index (χ2v) is 12.2. The first-order valence-corrected chi connectivity index (χ1v) is 15.8. The first-order chi connectivity index (χ1) is 22.0. The standard InChI is InChI=1S/C34H45N5O7/c1-21(2)30-32(42)36-28(19-23-9-7-11-26(40)18-23)33(43)39-16-8-12-27(38-39)34(44)46-20-24-14-15-35-25(17-24)10-5-6-13-29(45-4)22(3)31(41)37-30/h5-7,9-11,13,15,17-18,21-22,24,27-30,38,40H,8,12,14,16,19-20H2,1-4H3,(H,36,42)(H,37,41)/b10-5+,13-6+/t22-,24?,27+,28+,29-,30+/m1/s1. The Labute approximate surface area is 270 Å². The van der Waals surface area contributed by atoms with Gasteiger partial charge in [-0.3, -0.25) is 29.2 Å². The predicted octanol–water partition coefficient (Wildman–Crippen LogP) is 2.35. The minimum atomic E-state index is -1.06. The number of nitrogens with zero attached hydrogens (tertiary/aromatic N) is 2. The molecule has 0 aliphatic carbocycles. The Bertz CT molecular complexity index is 1390. The van der Waals surface area contributed by atoms with E-state index in [1.165, 1.54) is 24.3 Å². The van der Waals surface area contributed by atoms with Gasteiger partial charge in [0.15, 0.2) is 0 Å². The summed E-state index contributed by atoms with van der Waals surface area (Å²) >= 11 is 0. The number of hydrazine groups is 1. The van der Waals surface area contributed by atoms with Crippen molar-refractivity contribution in [3.8, 4) is 5.75 Å². The van der Waals surface area contributed by atoms with Crippen LogP contribution >= 0.6 is 0 Å². The first kappa shape index (κ1) is 34.6. The molecule has 0 aromatic heterocycles. The van der Waals surface area contributed by atoms with Crippen molar-refractivity contribution in [2.75, 3.05) is 20.3 Å². The van der Waals surface area contributed by atoms with Gasteiger partial charge in [-0.05, 0) is 49.0 Å². The highest BCUT2D eigenvalue weighted by molar-refractivity contribution is 5.93. The van der Waals surface area contributed by atoms with Crippen molar-refractivity contribution < 1.29 is 33.8 Å². The topological polar surface area (TPSA) is 159 Å². The van der Waals surface area contributed by atoms with E-state index in [1.54, 1.807) is 57.3 Å². The molecule has 0 spiro atoms. The van der Waals surface area contributed by atoms with Crippen LogP contribution in [0.3, 0.4) is 0 Å². The van der Waals surface area contributed by atoms with Crippen molar-refractivity contribution in [3.63, 3.8) is 0 Å². The van der Waals surface area contributed by atoms with Gasteiger partial charge in [-0.1, -0.05) is 57.2 Å². The molecule has 4 N–H and O–H groups in total. The van der Waals surface area contributed by atoms with Gasteiger partial charge in [0.05, 0.1) is 24.3 Å². The Balaban J connectivity index is 1.65. The first-order valence-electron chi connectivity index (χ1n) is 15.8. The van der Waals surface area contributed by atoms with E-state index in [-0.39, 0.29) is 36.5 Å². The Morgan fingerprint density at radius 2 is 1.93 bits per heavy atom. The maximum Gasteiger partial charge on any atom is 0.324 e. The molecule has 0 saturated carbocycles. The third-order valence-corrected chi connectivity index (χ3v) is 8.30. The highest BCUT2D eigenvalue weighted by Gasteiger charge is 2.36. The van der Waals surface area contributed by atoms with Gasteiger partial charge in [0.1, 0.15) is 23.9 Å². The Hall–Kier alpha value is -4.29. The largest absolute Gasteiger partial charge is 0.508 e. The van der Waals surface area contributed by atoms with E-state index in [0.29, 0.717) is 31.4 Å². The second kappa shape index (κ2) is 16.3. The number of phenols is 1. The minimum absolute atomic E-state index is 0.0262. The zero-order valence-corrected chi connectivity index (χ0v) is 26.8. The lowest BCUT2D eigenvalue weighted by Gasteiger charge is -2.35. The molecule has 1 fully saturated rings. The molecule has 3 aliphatic heterocycles. The number of allylic oxidation sites excluding steroid dienone is 3. The zero-order valence-electron chi connectivity index (χ0n) is 26.8. The minimum Gasteiger partial charge on any atom is -0.508 e. The highest BCUT2D eigenvalue weighted by atomic mass is 16.5. The second-order valence-electron chi connectivity index (χ2n) is 12.2. The van der Waals surface area contributed by atoms with Crippen LogP contribution in [0.2, 0.25) is 0 Å². The maximum atomic E-state index is 14.0. The number of fused-ring (bicyclic) bond motifs is 3. The van der Waals surface area contributed by atoms with Gasteiger partial charge in [0.2, 0.25) is 11.8 Å². The number of carbonyl (C=O) groups excluding carboxylic acids is 4. The third-order valence-electron chi connectivity index (χ3n) is 8.30. The molecular weight excluding hydrogens is 590 g/mol. The van der Waals surface area contributed by atoms with Crippen molar-refractivity contribution in [3.05, 3.63) is 65.9 Å². The van der Waals surface area contributed by atoms with E-state index < -0.39 is 47.9 Å². The monoisotopic (exact) mass is 635 g/mol. The zero-order chi connectivity index (χ0) is 33.2. The van der Waals surface area contributed by atoms with E-state index in [4.69, 9.17) is 9.47 Å². The summed E-state index contributed by atoms with van der Waals surface area (Å²) in [4.78, 5) is 58.6. The summed E-state index contributed by atoms with van der Waals surface area (Å²) in [6.45, 7) is 5.81. The molecule has 46 heavy (non-hydrogen) atoms. The van der Waals surface area contributed by atoms with Crippen molar-refractivity contribution in [2.24, 2.45) is 22.7 Å². The number of cyclic esters (lactones) is 1. The number of benzene rings is 1. The lowest BCUT2D eigenvalue weighted by Crippen LogP contribution is -2.62. The molecule has 3 heterocycles. The maximum absolute atomic E-state index is 14.0. The average Bonchev–Trinajstić information content (AvgIpc) is 3.04. The van der Waals surface area contributed by atoms with Crippen LogP contribution in [0.25, 0.3) is 0 Å². The van der Waals surface area contributed by atoms with E-state index in [9.17, 15) is 24.3 Å². The summed E-state index contributed by atoms with van der Waals surface area (Å²) < 4.78 is 11.2. The third kappa shape index (κ3) is 9.37. The molecule has 0 radical (unpaired) electrons. The molecule has 1 saturated heterocycles. The van der Waals surface area contributed by atoms with E-state index in [0.717, 1.165) is 5.70 Å². The number of hydrogen-bond donors (Lipinski definition) is 4. The fraction of sp³-hybridized carbons (Fsp3) is 0.500. The van der Waals surface area contributed by atoms with Gasteiger partial charge in [0, 0.05) is 32.2 Å². The Kier molecular flexibility index (Phi) is 12.3. The van der Waals surface area contributed by atoms with Gasteiger partial charge in [-0.15, -0.1) is 0 Å². The number of nitrogens with one attached hydrogen (secondary N) is 3. The van der Waals surface area contributed by atoms with Crippen molar-refractivity contribution in [1.82, 2.24) is 21.1 Å². The Morgan fingerprint density at radius 1 is 1.13 bits per heavy atom. The van der Waals surface area contributed by atoms with Crippen LogP contribution in [0.1, 0.15) is 45.6 Å². The number of carbonyl (C=O) groups is 4. The van der Waals surface area contributed by atoms with E-state index in [1.807, 2.05) is 12.2 Å². The molecule has 1 unspecified atom stereocenters. The molecule has 4 bridgehead atoms. The molecule has 12 nitrogen and oxygen atoms in total. The molecule has 1 aromatic rings. The van der Waals surface area contributed by atoms with Crippen LogP contribution in [0.4, 0.5) is 0 Å². The van der Waals surface area contributed by atoms with Crippen LogP contribution in [0.15, 0.2) is 65.3 Å². The molecule has 248 valence electrons. The van der Waals surface area contributed by atoms with Crippen molar-refractivity contribution in [2.45, 2.75) is 70.7 Å². The normalized spacial score (nSPS) is 29.8. The van der Waals surface area contributed by atoms with Gasteiger partial charge in [-0.2, -0.15) is 0 Å². The van der Waals surface area contributed by atoms with E-state index >= 15 is 0 Å². The van der Waals surface area contributed by atoms with Crippen molar-refractivity contribution >= 4 is 29.9 Å². The number of aromatic hydroxyl groups is 1. The summed E-state index contributed by atoms with van der Waals surface area (Å²) in [5, 5.41) is 17.1. The summed E-state index contributed by atoms with van der Waals surface area (Å²) in [6, 6.07) is 3.70. The van der Waals surface area contributed by atoms with Crippen LogP contribution in [0, 0.1) is 17.8 Å². The fourth-order valence-electron chi connectivity index (χ4n) is 5.58. The van der Waals surface area contributed by atoms with Crippen LogP contribution in [-0.2, 0) is 35.1 Å². The van der Waals surface area contributed by atoms with Gasteiger partial charge in [-0.25, -0.2) is 5.43 Å². The van der Waals surface area contributed by atoms with Crippen LogP contribution in [0.5, 0.6) is 5.75 Å². The number of esters is 1. The number of methoxy groups -OCH3 is 1.